The van der Waals surface area contributed by atoms with Crippen LogP contribution in [0.2, 0.25) is 0 Å². The number of aryl methyl sites for hydroxylation is 1. The molecule has 3 aliphatic rings. The van der Waals surface area contributed by atoms with Gasteiger partial charge in [-0.1, -0.05) is 6.07 Å². The molecule has 3 aliphatic heterocycles. The third-order valence-electron chi connectivity index (χ3n) is 6.50. The maximum atomic E-state index is 13.9. The summed E-state index contributed by atoms with van der Waals surface area (Å²) in [6.45, 7) is 1.73. The van der Waals surface area contributed by atoms with Gasteiger partial charge in [0.05, 0.1) is 18.2 Å². The van der Waals surface area contributed by atoms with Crippen LogP contribution in [0.15, 0.2) is 41.4 Å². The lowest BCUT2D eigenvalue weighted by molar-refractivity contribution is -0.139. The Bertz CT molecular complexity index is 1190. The van der Waals surface area contributed by atoms with E-state index in [1.165, 1.54) is 12.1 Å². The summed E-state index contributed by atoms with van der Waals surface area (Å²) in [4.78, 5) is 11.6. The molecule has 4 N–H and O–H groups in total. The first-order valence-corrected chi connectivity index (χ1v) is 12.1. The molecule has 0 radical (unpaired) electrons. The van der Waals surface area contributed by atoms with Crippen molar-refractivity contribution in [1.82, 2.24) is 10.4 Å². The van der Waals surface area contributed by atoms with Crippen LogP contribution in [0.5, 0.6) is 17.2 Å². The molecule has 1 fully saturated rings. The summed E-state index contributed by atoms with van der Waals surface area (Å²) in [7, 11) is 0. The van der Waals surface area contributed by atoms with E-state index in [-0.39, 0.29) is 35.8 Å². The van der Waals surface area contributed by atoms with Crippen LogP contribution in [-0.4, -0.2) is 55.3 Å². The van der Waals surface area contributed by atoms with Crippen LogP contribution in [0.25, 0.3) is 0 Å². The van der Waals surface area contributed by atoms with E-state index in [4.69, 9.17) is 30.2 Å². The molecule has 2 aromatic rings. The molecule has 2 atom stereocenters. The van der Waals surface area contributed by atoms with E-state index in [0.717, 1.165) is 24.5 Å². The molecular formula is C25H28F3N5O4. The Morgan fingerprint density at radius 1 is 1.16 bits per heavy atom. The number of ether oxygens (including phenoxy) is 3. The van der Waals surface area contributed by atoms with Crippen molar-refractivity contribution in [3.63, 3.8) is 0 Å². The average molecular weight is 520 g/mol. The van der Waals surface area contributed by atoms with Crippen LogP contribution in [0.4, 0.5) is 13.2 Å². The van der Waals surface area contributed by atoms with Crippen LogP contribution >= 0.6 is 0 Å². The van der Waals surface area contributed by atoms with E-state index in [9.17, 15) is 13.2 Å². The summed E-state index contributed by atoms with van der Waals surface area (Å²) in [6.07, 6.45) is -2.60. The van der Waals surface area contributed by atoms with Gasteiger partial charge in [-0.3, -0.25) is 5.41 Å². The molecule has 0 amide bonds. The van der Waals surface area contributed by atoms with Crippen molar-refractivity contribution in [3.8, 4) is 17.2 Å². The second-order valence-electron chi connectivity index (χ2n) is 9.02. The van der Waals surface area contributed by atoms with Gasteiger partial charge in [-0.15, -0.1) is 0 Å². The van der Waals surface area contributed by atoms with E-state index < -0.39 is 18.0 Å². The summed E-state index contributed by atoms with van der Waals surface area (Å²) in [5.41, 5.74) is 8.60. The normalized spacial score (nSPS) is 20.9. The van der Waals surface area contributed by atoms with Gasteiger partial charge >= 0.3 is 6.18 Å². The number of nitrogens with one attached hydrogen (secondary N) is 2. The van der Waals surface area contributed by atoms with E-state index in [0.29, 0.717) is 44.1 Å². The standard InChI is InChI=1S/C25H28F3N5O4/c26-25(27,28)17-14-16(22-31-23(37-32-22)18-4-1-9-33(18)24(29)30)6-8-19(17)34-10-2-3-15-5-7-20-21(13-15)36-12-11-35-20/h5-8,13-14,18,23H,1-4,9-12H2,(H3,29,30)(H,31,32). The van der Waals surface area contributed by atoms with Crippen LogP contribution in [0.3, 0.4) is 0 Å². The predicted octanol–water partition coefficient (Wildman–Crippen LogP) is 3.45. The summed E-state index contributed by atoms with van der Waals surface area (Å²) < 4.78 is 58.2. The number of rotatable bonds is 7. The number of nitrogens with two attached hydrogens (primary N) is 1. The lowest BCUT2D eigenvalue weighted by Crippen LogP contribution is -2.45. The molecule has 12 heteroatoms. The Labute approximate surface area is 211 Å². The number of aliphatic imine (C=N–C) groups is 1. The van der Waals surface area contributed by atoms with Crippen LogP contribution in [0.1, 0.15) is 36.0 Å². The van der Waals surface area contributed by atoms with Crippen LogP contribution in [0, 0.1) is 5.41 Å². The van der Waals surface area contributed by atoms with Gasteiger partial charge < -0.3 is 24.8 Å². The zero-order chi connectivity index (χ0) is 26.0. The van der Waals surface area contributed by atoms with E-state index in [1.807, 2.05) is 18.2 Å². The van der Waals surface area contributed by atoms with Gasteiger partial charge in [-0.25, -0.2) is 15.3 Å². The highest BCUT2D eigenvalue weighted by Gasteiger charge is 2.38. The first-order valence-electron chi connectivity index (χ1n) is 12.1. The number of hydrogen-bond acceptors (Lipinski definition) is 7. The van der Waals surface area contributed by atoms with Crippen LogP contribution < -0.4 is 25.4 Å². The smallest absolute Gasteiger partial charge is 0.419 e. The average Bonchev–Trinajstić information content (AvgIpc) is 3.56. The van der Waals surface area contributed by atoms with Crippen molar-refractivity contribution in [3.05, 3.63) is 53.1 Å². The highest BCUT2D eigenvalue weighted by Crippen LogP contribution is 2.37. The first-order chi connectivity index (χ1) is 17.8. The molecule has 0 saturated carbocycles. The van der Waals surface area contributed by atoms with Crippen molar-refractivity contribution in [1.29, 1.82) is 5.41 Å². The second-order valence-corrected chi connectivity index (χ2v) is 9.02. The van der Waals surface area contributed by atoms with Gasteiger partial charge in [-0.05, 0) is 61.6 Å². The SMILES string of the molecule is N=C(N)N1CCCC1C1N=C(c2ccc(OCCCc3ccc4c(c3)OCCO4)c(C(F)(F)F)c2)NO1. The Morgan fingerprint density at radius 2 is 1.97 bits per heavy atom. The Morgan fingerprint density at radius 3 is 2.76 bits per heavy atom. The van der Waals surface area contributed by atoms with E-state index in [2.05, 4.69) is 10.5 Å². The number of halogens is 3. The van der Waals surface area contributed by atoms with Crippen molar-refractivity contribution in [2.24, 2.45) is 10.7 Å². The topological polar surface area (TPSA) is 114 Å². The number of fused-ring (bicyclic) bond motifs is 1. The molecule has 3 heterocycles. The monoisotopic (exact) mass is 519 g/mol. The molecular weight excluding hydrogens is 491 g/mol. The molecule has 198 valence electrons. The van der Waals surface area contributed by atoms with Gasteiger partial charge in [0, 0.05) is 12.1 Å². The molecule has 0 aromatic heterocycles. The zero-order valence-electron chi connectivity index (χ0n) is 20.0. The summed E-state index contributed by atoms with van der Waals surface area (Å²) in [5, 5.41) is 7.71. The maximum Gasteiger partial charge on any atom is 0.419 e. The number of guanidine groups is 1. The largest absolute Gasteiger partial charge is 0.493 e. The highest BCUT2D eigenvalue weighted by atomic mass is 19.4. The number of amidine groups is 1. The molecule has 2 aromatic carbocycles. The maximum absolute atomic E-state index is 13.9. The van der Waals surface area contributed by atoms with E-state index in [1.54, 1.807) is 4.90 Å². The predicted molar refractivity (Wildman–Crippen MR) is 129 cm³/mol. The lowest BCUT2D eigenvalue weighted by atomic mass is 10.1. The van der Waals surface area contributed by atoms with Crippen molar-refractivity contribution in [2.75, 3.05) is 26.4 Å². The molecule has 1 saturated heterocycles. The molecule has 37 heavy (non-hydrogen) atoms. The highest BCUT2D eigenvalue weighted by molar-refractivity contribution is 5.99. The van der Waals surface area contributed by atoms with Crippen LogP contribution in [-0.2, 0) is 17.4 Å². The lowest BCUT2D eigenvalue weighted by Gasteiger charge is -2.26. The summed E-state index contributed by atoms with van der Waals surface area (Å²) in [6, 6.07) is 9.21. The molecule has 2 unspecified atom stereocenters. The van der Waals surface area contributed by atoms with Crippen molar-refractivity contribution in [2.45, 2.75) is 44.1 Å². The quantitative estimate of drug-likeness (QED) is 0.292. The third kappa shape index (κ3) is 5.53. The molecule has 5 rings (SSSR count). The number of benzene rings is 2. The van der Waals surface area contributed by atoms with Crippen molar-refractivity contribution < 1.29 is 32.2 Å². The molecule has 9 nitrogen and oxygen atoms in total. The first kappa shape index (κ1) is 25.0. The number of hydrogen-bond donors (Lipinski definition) is 3. The summed E-state index contributed by atoms with van der Waals surface area (Å²) >= 11 is 0. The Kier molecular flexibility index (Phi) is 7.00. The fourth-order valence-corrected chi connectivity index (χ4v) is 4.71. The summed E-state index contributed by atoms with van der Waals surface area (Å²) in [5.74, 6) is 1.24. The number of alkyl halides is 3. The van der Waals surface area contributed by atoms with Gasteiger partial charge in [0.2, 0.25) is 0 Å². The van der Waals surface area contributed by atoms with Crippen molar-refractivity contribution >= 4 is 11.8 Å². The minimum atomic E-state index is -4.61. The molecule has 0 bridgehead atoms. The van der Waals surface area contributed by atoms with Gasteiger partial charge in [-0.2, -0.15) is 13.2 Å². The minimum Gasteiger partial charge on any atom is -0.493 e. The zero-order valence-corrected chi connectivity index (χ0v) is 20.0. The van der Waals surface area contributed by atoms with E-state index >= 15 is 0 Å². The second kappa shape index (κ2) is 10.4. The fraction of sp³-hybridized carbons (Fsp3) is 0.440. The Hall–Kier alpha value is -3.67. The third-order valence-corrected chi connectivity index (χ3v) is 6.50. The van der Waals surface area contributed by atoms with Gasteiger partial charge in [0.15, 0.2) is 29.5 Å². The number of likely N-dealkylation sites (tertiary alicyclic amines) is 1. The number of hydroxylamine groups is 1. The minimum absolute atomic E-state index is 0.0791. The molecule has 0 aliphatic carbocycles. The fourth-order valence-electron chi connectivity index (χ4n) is 4.71. The van der Waals surface area contributed by atoms with Gasteiger partial charge in [0.1, 0.15) is 19.0 Å². The number of nitrogens with zero attached hydrogens (tertiary/aromatic N) is 2. The van der Waals surface area contributed by atoms with Gasteiger partial charge in [0.25, 0.3) is 0 Å². The molecule has 0 spiro atoms. The Balaban J connectivity index is 1.24.